The number of nitrogens with zero attached hydrogens (tertiary/aromatic N) is 1. The number of aliphatic hydroxyl groups excluding tert-OH is 2. The van der Waals surface area contributed by atoms with E-state index in [-0.39, 0.29) is 26.2 Å². The maximum absolute atomic E-state index is 9.52. The summed E-state index contributed by atoms with van der Waals surface area (Å²) in [5.41, 5.74) is 4.41. The van der Waals surface area contributed by atoms with Crippen LogP contribution in [0.3, 0.4) is 0 Å². The summed E-state index contributed by atoms with van der Waals surface area (Å²) in [6, 6.07) is 21.9. The molecule has 2 fully saturated rings. The van der Waals surface area contributed by atoms with Gasteiger partial charge in [0, 0.05) is 27.2 Å². The van der Waals surface area contributed by atoms with Crippen LogP contribution in [0.4, 0.5) is 0 Å². The van der Waals surface area contributed by atoms with Gasteiger partial charge in [0.15, 0.2) is 0 Å². The van der Waals surface area contributed by atoms with Gasteiger partial charge in [0.25, 0.3) is 0 Å². The molecule has 0 spiro atoms. The van der Waals surface area contributed by atoms with E-state index in [1.54, 1.807) is 0 Å². The summed E-state index contributed by atoms with van der Waals surface area (Å²) in [6.07, 6.45) is 7.89. The Morgan fingerprint density at radius 2 is 1.69 bits per heavy atom. The molecule has 0 amide bonds. The molecule has 4 heteroatoms. The summed E-state index contributed by atoms with van der Waals surface area (Å²) in [5, 5.41) is 17.7. The second kappa shape index (κ2) is 13.2. The first-order chi connectivity index (χ1) is 15.1. The van der Waals surface area contributed by atoms with Crippen molar-refractivity contribution in [2.24, 2.45) is 11.8 Å². The molecule has 0 bridgehead atoms. The van der Waals surface area contributed by atoms with Gasteiger partial charge >= 0.3 is 0 Å². The standard InChI is InChI=1S/C18H16N.C9H16O.CH4O.Ir/c1-13(2)16-9-8-15-10-11-17(19-18(15)12-16)14-6-4-3-5-7-14;10-9-6-5-7-3-1-2-4-8(7)9;1-2;/h3-6,8-13H,1-2H3;7-10H,1-6H2;2H,1H3;/q-1;;;. The van der Waals surface area contributed by atoms with E-state index in [9.17, 15) is 5.11 Å². The van der Waals surface area contributed by atoms with Gasteiger partial charge in [-0.15, -0.1) is 35.9 Å². The van der Waals surface area contributed by atoms with E-state index in [0.717, 1.165) is 36.2 Å². The molecule has 3 aromatic rings. The van der Waals surface area contributed by atoms with Gasteiger partial charge in [0.05, 0.1) is 11.6 Å². The van der Waals surface area contributed by atoms with Gasteiger partial charge in [-0.2, -0.15) is 0 Å². The number of aliphatic hydroxyl groups is 2. The van der Waals surface area contributed by atoms with Crippen molar-refractivity contribution in [1.29, 1.82) is 0 Å². The fourth-order valence-electron chi connectivity index (χ4n) is 4.90. The molecule has 2 N–H and O–H groups in total. The fourth-order valence-corrected chi connectivity index (χ4v) is 4.90. The summed E-state index contributed by atoms with van der Waals surface area (Å²) in [5.74, 6) is 2.11. The third-order valence-corrected chi connectivity index (χ3v) is 6.66. The van der Waals surface area contributed by atoms with Crippen molar-refractivity contribution in [2.45, 2.75) is 64.4 Å². The number of rotatable bonds is 2. The Morgan fingerprint density at radius 3 is 2.38 bits per heavy atom. The number of fused-ring (bicyclic) bond motifs is 2. The molecule has 3 atom stereocenters. The van der Waals surface area contributed by atoms with Crippen LogP contribution in [0.25, 0.3) is 22.2 Å². The van der Waals surface area contributed by atoms with Crippen LogP contribution in [-0.2, 0) is 20.1 Å². The van der Waals surface area contributed by atoms with Crippen LogP contribution in [0.5, 0.6) is 0 Å². The Hall–Kier alpha value is -1.58. The molecule has 1 radical (unpaired) electrons. The minimum absolute atomic E-state index is 0. The number of hydrogen-bond donors (Lipinski definition) is 2. The molecular formula is C28H36IrNO2-. The smallest absolute Gasteiger partial charge is 0.0598 e. The van der Waals surface area contributed by atoms with Crippen LogP contribution in [-0.4, -0.2) is 28.4 Å². The second-order valence-corrected chi connectivity index (χ2v) is 8.93. The molecule has 3 nitrogen and oxygen atoms in total. The average molecular weight is 611 g/mol. The van der Waals surface area contributed by atoms with Crippen LogP contribution in [0, 0.1) is 17.9 Å². The molecule has 2 aromatic carbocycles. The van der Waals surface area contributed by atoms with E-state index in [0.29, 0.717) is 11.8 Å². The summed E-state index contributed by atoms with van der Waals surface area (Å²) in [7, 11) is 1.00. The van der Waals surface area contributed by atoms with Gasteiger partial charge < -0.3 is 10.2 Å². The fraction of sp³-hybridized carbons (Fsp3) is 0.464. The van der Waals surface area contributed by atoms with Crippen molar-refractivity contribution in [2.75, 3.05) is 7.11 Å². The summed E-state index contributed by atoms with van der Waals surface area (Å²) >= 11 is 0. The number of hydrogen-bond acceptors (Lipinski definition) is 3. The topological polar surface area (TPSA) is 53.4 Å². The van der Waals surface area contributed by atoms with Gasteiger partial charge in [-0.3, -0.25) is 4.98 Å². The molecule has 1 heterocycles. The van der Waals surface area contributed by atoms with Crippen molar-refractivity contribution in [1.82, 2.24) is 4.98 Å². The van der Waals surface area contributed by atoms with Crippen molar-refractivity contribution in [3.05, 3.63) is 66.2 Å². The largest absolute Gasteiger partial charge is 0.400 e. The normalized spacial score (nSPS) is 21.5. The predicted molar refractivity (Wildman–Crippen MR) is 129 cm³/mol. The Morgan fingerprint density at radius 1 is 0.938 bits per heavy atom. The van der Waals surface area contributed by atoms with Crippen LogP contribution < -0.4 is 0 Å². The molecule has 2 saturated carbocycles. The number of pyridine rings is 1. The second-order valence-electron chi connectivity index (χ2n) is 8.93. The quantitative estimate of drug-likeness (QED) is 0.331. The van der Waals surface area contributed by atoms with Crippen molar-refractivity contribution in [3.63, 3.8) is 0 Å². The summed E-state index contributed by atoms with van der Waals surface area (Å²) in [4.78, 5) is 4.76. The summed E-state index contributed by atoms with van der Waals surface area (Å²) < 4.78 is 0. The molecule has 2 aliphatic carbocycles. The van der Waals surface area contributed by atoms with Gasteiger partial charge in [-0.05, 0) is 59.7 Å². The monoisotopic (exact) mass is 611 g/mol. The maximum Gasteiger partial charge on any atom is 0.0598 e. The Balaban J connectivity index is 0.000000236. The number of aromatic nitrogens is 1. The predicted octanol–water partition coefficient (Wildman–Crippen LogP) is 6.38. The molecule has 2 aliphatic rings. The molecule has 3 unspecified atom stereocenters. The van der Waals surface area contributed by atoms with E-state index in [2.05, 4.69) is 50.2 Å². The molecule has 175 valence electrons. The van der Waals surface area contributed by atoms with Crippen molar-refractivity contribution >= 4 is 10.9 Å². The van der Waals surface area contributed by atoms with E-state index in [1.165, 1.54) is 43.1 Å². The molecule has 1 aromatic heterocycles. The zero-order valence-electron chi connectivity index (χ0n) is 19.4. The maximum atomic E-state index is 9.52. The zero-order chi connectivity index (χ0) is 22.2. The minimum atomic E-state index is 0. The van der Waals surface area contributed by atoms with Crippen molar-refractivity contribution < 1.29 is 30.3 Å². The van der Waals surface area contributed by atoms with E-state index >= 15 is 0 Å². The van der Waals surface area contributed by atoms with Crippen molar-refractivity contribution in [3.8, 4) is 11.3 Å². The van der Waals surface area contributed by atoms with Gasteiger partial charge in [0.1, 0.15) is 0 Å². The van der Waals surface area contributed by atoms with Crippen LogP contribution in [0.1, 0.15) is 63.9 Å². The third-order valence-electron chi connectivity index (χ3n) is 6.66. The Kier molecular flexibility index (Phi) is 11.0. The zero-order valence-corrected chi connectivity index (χ0v) is 21.8. The molecular weight excluding hydrogens is 575 g/mol. The average Bonchev–Trinajstić information content (AvgIpc) is 3.21. The van der Waals surface area contributed by atoms with Gasteiger partial charge in [-0.1, -0.05) is 57.4 Å². The third kappa shape index (κ3) is 6.71. The first-order valence-corrected chi connectivity index (χ1v) is 11.6. The molecule has 5 rings (SSSR count). The Labute approximate surface area is 206 Å². The Bertz CT molecular complexity index is 943. The van der Waals surface area contributed by atoms with Crippen LogP contribution in [0.15, 0.2) is 54.6 Å². The minimum Gasteiger partial charge on any atom is -0.400 e. The van der Waals surface area contributed by atoms with Gasteiger partial charge in [0.2, 0.25) is 0 Å². The SMILES string of the molecule is CC(C)c1ccc2ccc(-c3[c-]cccc3)nc2c1.CO.OC1CCC2CCCCC12.[Ir]. The first kappa shape index (κ1) is 26.7. The molecule has 0 saturated heterocycles. The number of benzene rings is 2. The molecule has 32 heavy (non-hydrogen) atoms. The molecule has 0 aliphatic heterocycles. The van der Waals surface area contributed by atoms with Crippen LogP contribution in [0.2, 0.25) is 0 Å². The van der Waals surface area contributed by atoms with E-state index < -0.39 is 0 Å². The van der Waals surface area contributed by atoms with E-state index in [1.807, 2.05) is 24.3 Å². The van der Waals surface area contributed by atoms with Gasteiger partial charge in [-0.25, -0.2) is 0 Å². The van der Waals surface area contributed by atoms with E-state index in [4.69, 9.17) is 10.1 Å². The van der Waals surface area contributed by atoms with Crippen LogP contribution >= 0.6 is 0 Å². The first-order valence-electron chi connectivity index (χ1n) is 11.6. The summed E-state index contributed by atoms with van der Waals surface area (Å²) in [6.45, 7) is 4.41.